The highest BCUT2D eigenvalue weighted by Gasteiger charge is 2.31. The van der Waals surface area contributed by atoms with Gasteiger partial charge in [-0.25, -0.2) is 18.1 Å². The van der Waals surface area contributed by atoms with E-state index in [2.05, 4.69) is 15.4 Å². The van der Waals surface area contributed by atoms with Gasteiger partial charge in [-0.1, -0.05) is 0 Å². The minimum Gasteiger partial charge on any atom is -0.494 e. The van der Waals surface area contributed by atoms with Crippen LogP contribution in [0.1, 0.15) is 35.6 Å². The average Bonchev–Trinajstić information content (AvgIpc) is 3.41. The van der Waals surface area contributed by atoms with Crippen LogP contribution in [0.15, 0.2) is 35.7 Å². The molecule has 1 amide bonds. The number of sulfone groups is 1. The number of thiazole rings is 1. The molecule has 3 aromatic rings. The summed E-state index contributed by atoms with van der Waals surface area (Å²) in [5.74, 6) is 1.09. The Morgan fingerprint density at radius 2 is 2.10 bits per heavy atom. The van der Waals surface area contributed by atoms with Crippen molar-refractivity contribution in [3.63, 3.8) is 0 Å². The third-order valence-corrected chi connectivity index (χ3v) is 7.44. The molecule has 0 radical (unpaired) electrons. The third-order valence-electron chi connectivity index (χ3n) is 4.80. The zero-order valence-corrected chi connectivity index (χ0v) is 18.3. The van der Waals surface area contributed by atoms with Crippen molar-refractivity contribution in [3.05, 3.63) is 47.1 Å². The summed E-state index contributed by atoms with van der Waals surface area (Å²) in [5.41, 5.74) is 1.91. The molecule has 0 spiro atoms. The lowest BCUT2D eigenvalue weighted by molar-refractivity contribution is 0.102. The van der Waals surface area contributed by atoms with Gasteiger partial charge in [-0.15, -0.1) is 11.3 Å². The van der Waals surface area contributed by atoms with Crippen molar-refractivity contribution < 1.29 is 17.9 Å². The second-order valence-corrected chi connectivity index (χ2v) is 10.2. The van der Waals surface area contributed by atoms with E-state index >= 15 is 0 Å². The van der Waals surface area contributed by atoms with Crippen LogP contribution in [0.5, 0.6) is 5.75 Å². The molecule has 30 heavy (non-hydrogen) atoms. The number of benzene rings is 1. The highest BCUT2D eigenvalue weighted by atomic mass is 32.2. The van der Waals surface area contributed by atoms with Gasteiger partial charge in [0.1, 0.15) is 22.3 Å². The number of carbonyl (C=O) groups excluding carboxylic acids is 1. The predicted molar refractivity (Wildman–Crippen MR) is 116 cm³/mol. The van der Waals surface area contributed by atoms with Crippen molar-refractivity contribution in [2.45, 2.75) is 26.3 Å². The fourth-order valence-electron chi connectivity index (χ4n) is 3.41. The maximum Gasteiger partial charge on any atom is 0.276 e. The summed E-state index contributed by atoms with van der Waals surface area (Å²) in [4.78, 5) is 17.2. The Hall–Kier alpha value is -2.72. The van der Waals surface area contributed by atoms with Crippen LogP contribution in [-0.2, 0) is 9.84 Å². The maximum absolute atomic E-state index is 12.8. The number of nitrogens with zero attached hydrogens (tertiary/aromatic N) is 3. The molecule has 1 aromatic carbocycles. The van der Waals surface area contributed by atoms with Crippen LogP contribution in [0.4, 0.5) is 5.82 Å². The second kappa shape index (κ2) is 8.19. The van der Waals surface area contributed by atoms with Gasteiger partial charge < -0.3 is 10.1 Å². The Labute approximate surface area is 178 Å². The molecule has 0 bridgehead atoms. The first-order valence-corrected chi connectivity index (χ1v) is 12.3. The fraction of sp³-hybridized carbons (Fsp3) is 0.350. The van der Waals surface area contributed by atoms with Crippen molar-refractivity contribution in [2.75, 3.05) is 23.4 Å². The minimum atomic E-state index is -3.06. The SMILES string of the molecule is CCOc1ccc(-c2nc(C(=O)Nc3cc(C)nn3C3CCS(=O)(=O)C3)cs2)cc1. The van der Waals surface area contributed by atoms with Crippen LogP contribution in [0.2, 0.25) is 0 Å². The molecular formula is C20H22N4O4S2. The number of nitrogens with one attached hydrogen (secondary N) is 1. The second-order valence-electron chi connectivity index (χ2n) is 7.12. The van der Waals surface area contributed by atoms with Gasteiger partial charge in [0.15, 0.2) is 9.84 Å². The lowest BCUT2D eigenvalue weighted by atomic mass is 10.2. The molecule has 1 unspecified atom stereocenters. The molecule has 1 aliphatic heterocycles. The Balaban J connectivity index is 1.50. The predicted octanol–water partition coefficient (Wildman–Crippen LogP) is 3.33. The van der Waals surface area contributed by atoms with Crippen LogP contribution in [0.25, 0.3) is 10.6 Å². The first kappa shape index (κ1) is 20.5. The van der Waals surface area contributed by atoms with Crippen LogP contribution in [0.3, 0.4) is 0 Å². The van der Waals surface area contributed by atoms with Gasteiger partial charge in [0.05, 0.1) is 29.8 Å². The third kappa shape index (κ3) is 4.39. The van der Waals surface area contributed by atoms with E-state index in [1.54, 1.807) is 16.1 Å². The Bertz CT molecular complexity index is 1170. The number of anilines is 1. The summed E-state index contributed by atoms with van der Waals surface area (Å²) in [7, 11) is -3.06. The van der Waals surface area contributed by atoms with E-state index in [-0.39, 0.29) is 23.5 Å². The van der Waals surface area contributed by atoms with Crippen molar-refractivity contribution in [3.8, 4) is 16.3 Å². The molecule has 1 atom stereocenters. The van der Waals surface area contributed by atoms with E-state index in [1.165, 1.54) is 11.3 Å². The lowest BCUT2D eigenvalue weighted by Gasteiger charge is -2.13. The van der Waals surface area contributed by atoms with E-state index in [0.29, 0.717) is 30.2 Å². The summed E-state index contributed by atoms with van der Waals surface area (Å²) in [6.45, 7) is 4.34. The van der Waals surface area contributed by atoms with Crippen LogP contribution >= 0.6 is 11.3 Å². The van der Waals surface area contributed by atoms with Crippen molar-refractivity contribution >= 4 is 32.9 Å². The largest absolute Gasteiger partial charge is 0.494 e. The highest BCUT2D eigenvalue weighted by Crippen LogP contribution is 2.29. The van der Waals surface area contributed by atoms with E-state index in [4.69, 9.17) is 4.74 Å². The number of aryl methyl sites for hydroxylation is 1. The summed E-state index contributed by atoms with van der Waals surface area (Å²) in [5, 5.41) is 9.66. The van der Waals surface area contributed by atoms with Gasteiger partial charge >= 0.3 is 0 Å². The lowest BCUT2D eigenvalue weighted by Crippen LogP contribution is -2.19. The smallest absolute Gasteiger partial charge is 0.276 e. The summed E-state index contributed by atoms with van der Waals surface area (Å²) in [6, 6.07) is 9.03. The topological polar surface area (TPSA) is 103 Å². The van der Waals surface area contributed by atoms with Gasteiger partial charge in [-0.3, -0.25) is 4.79 Å². The van der Waals surface area contributed by atoms with E-state index < -0.39 is 9.84 Å². The molecule has 1 N–H and O–H groups in total. The molecule has 158 valence electrons. The maximum atomic E-state index is 12.8. The first-order chi connectivity index (χ1) is 14.3. The molecule has 0 aliphatic carbocycles. The number of ether oxygens (including phenoxy) is 1. The Morgan fingerprint density at radius 1 is 1.33 bits per heavy atom. The molecule has 8 nitrogen and oxygen atoms in total. The molecular weight excluding hydrogens is 424 g/mol. The molecule has 10 heteroatoms. The number of rotatable bonds is 6. The molecule has 1 aliphatic rings. The summed E-state index contributed by atoms with van der Waals surface area (Å²) in [6.07, 6.45) is 0.491. The fourth-order valence-corrected chi connectivity index (χ4v) is 5.91. The summed E-state index contributed by atoms with van der Waals surface area (Å²) < 4.78 is 30.7. The molecule has 1 fully saturated rings. The van der Waals surface area contributed by atoms with Gasteiger partial charge in [0.2, 0.25) is 0 Å². The zero-order valence-electron chi connectivity index (χ0n) is 16.7. The first-order valence-electron chi connectivity index (χ1n) is 9.61. The quantitative estimate of drug-likeness (QED) is 0.623. The standard InChI is InChI=1S/C20H22N4O4S2/c1-3-28-16-6-4-14(5-7-16)20-21-17(11-29-20)19(25)22-18-10-13(2)23-24(18)15-8-9-30(26,27)12-15/h4-7,10-11,15H,3,8-9,12H2,1-2H3,(H,22,25). The minimum absolute atomic E-state index is 0.0373. The number of amides is 1. The Kier molecular flexibility index (Phi) is 5.61. The monoisotopic (exact) mass is 446 g/mol. The Morgan fingerprint density at radius 3 is 2.77 bits per heavy atom. The highest BCUT2D eigenvalue weighted by molar-refractivity contribution is 7.91. The number of carbonyl (C=O) groups is 1. The average molecular weight is 447 g/mol. The summed E-state index contributed by atoms with van der Waals surface area (Å²) >= 11 is 1.38. The molecule has 4 rings (SSSR count). The molecule has 2 aromatic heterocycles. The number of aromatic nitrogens is 3. The van der Waals surface area contributed by atoms with Crippen molar-refractivity contribution in [1.29, 1.82) is 0 Å². The van der Waals surface area contributed by atoms with Crippen LogP contribution in [0, 0.1) is 6.92 Å². The molecule has 3 heterocycles. The number of hydrogen-bond donors (Lipinski definition) is 1. The van der Waals surface area contributed by atoms with Crippen LogP contribution in [-0.4, -0.2) is 47.2 Å². The van der Waals surface area contributed by atoms with Crippen molar-refractivity contribution in [1.82, 2.24) is 14.8 Å². The van der Waals surface area contributed by atoms with E-state index in [1.807, 2.05) is 38.1 Å². The molecule has 0 saturated carbocycles. The zero-order chi connectivity index (χ0) is 21.3. The van der Waals surface area contributed by atoms with E-state index in [0.717, 1.165) is 16.3 Å². The van der Waals surface area contributed by atoms with Gasteiger partial charge in [0.25, 0.3) is 5.91 Å². The van der Waals surface area contributed by atoms with Crippen molar-refractivity contribution in [2.24, 2.45) is 0 Å². The normalized spacial score (nSPS) is 17.7. The van der Waals surface area contributed by atoms with Crippen LogP contribution < -0.4 is 10.1 Å². The van der Waals surface area contributed by atoms with Gasteiger partial charge in [0, 0.05) is 17.0 Å². The number of hydrogen-bond acceptors (Lipinski definition) is 7. The van der Waals surface area contributed by atoms with Gasteiger partial charge in [-0.05, 0) is 44.5 Å². The van der Waals surface area contributed by atoms with Gasteiger partial charge in [-0.2, -0.15) is 5.10 Å². The molecule has 1 saturated heterocycles. The van der Waals surface area contributed by atoms with E-state index in [9.17, 15) is 13.2 Å².